The third-order valence-corrected chi connectivity index (χ3v) is 4.67. The largest absolute Gasteiger partial charge is 0.530 e. The second-order valence-electron chi connectivity index (χ2n) is 7.99. The van der Waals surface area contributed by atoms with Crippen LogP contribution in [0.2, 0.25) is 0 Å². The van der Waals surface area contributed by atoms with E-state index in [-0.39, 0.29) is 5.91 Å². The maximum atomic E-state index is 12.1. The summed E-state index contributed by atoms with van der Waals surface area (Å²) in [5.74, 6) is 6.31. The third kappa shape index (κ3) is 8.57. The van der Waals surface area contributed by atoms with E-state index in [9.17, 15) is 14.7 Å². The minimum atomic E-state index is -1.14. The highest BCUT2D eigenvalue weighted by atomic mass is 16.4. The topological polar surface area (TPSA) is 66.9 Å². The van der Waals surface area contributed by atoms with Crippen molar-refractivity contribution in [2.45, 2.75) is 64.8 Å². The average Bonchev–Trinajstić information content (AvgIpc) is 3.06. The van der Waals surface area contributed by atoms with Crippen LogP contribution < -0.4 is 5.11 Å². The van der Waals surface area contributed by atoms with Gasteiger partial charge in [0.2, 0.25) is 5.91 Å². The number of amides is 2. The van der Waals surface area contributed by atoms with Crippen LogP contribution in [0.15, 0.2) is 0 Å². The van der Waals surface area contributed by atoms with Crippen LogP contribution in [0, 0.1) is 11.8 Å². The smallest absolute Gasteiger partial charge is 0.223 e. The zero-order chi connectivity index (χ0) is 19.6. The van der Waals surface area contributed by atoms with Crippen molar-refractivity contribution in [2.24, 2.45) is 0 Å². The van der Waals surface area contributed by atoms with Gasteiger partial charge in [-0.25, -0.2) is 0 Å². The van der Waals surface area contributed by atoms with Crippen molar-refractivity contribution in [2.75, 3.05) is 39.8 Å². The van der Waals surface area contributed by atoms with Crippen LogP contribution in [-0.4, -0.2) is 72.0 Å². The van der Waals surface area contributed by atoms with Gasteiger partial charge in [-0.1, -0.05) is 18.3 Å². The Morgan fingerprint density at radius 3 is 2.31 bits per heavy atom. The van der Waals surface area contributed by atoms with Crippen LogP contribution >= 0.6 is 0 Å². The molecule has 0 atom stereocenters. The monoisotopic (exact) mass is 364 g/mol. The molecule has 2 amide bonds. The standard InChI is InChI=1S/C20H35N3O3/c1-20(2,3)23(19(25)26)17-7-5-6-12-18(24)21(4)13-8-9-14-22-15-10-11-16-22/h5-7,10-17H2,1-4H3,(H,25,26)/p-1. The molecule has 1 aliphatic heterocycles. The van der Waals surface area contributed by atoms with Gasteiger partial charge >= 0.3 is 0 Å². The fourth-order valence-corrected chi connectivity index (χ4v) is 2.99. The number of carbonyl (C=O) groups excluding carboxylic acids is 2. The lowest BCUT2D eigenvalue weighted by molar-refractivity contribution is -0.270. The number of hydrogen-bond acceptors (Lipinski definition) is 4. The Bertz CT molecular complexity index is 511. The van der Waals surface area contributed by atoms with E-state index in [1.54, 1.807) is 11.9 Å². The van der Waals surface area contributed by atoms with E-state index < -0.39 is 11.6 Å². The van der Waals surface area contributed by atoms with Crippen molar-refractivity contribution in [1.82, 2.24) is 14.7 Å². The molecule has 1 aliphatic rings. The molecule has 148 valence electrons. The highest BCUT2D eigenvalue weighted by molar-refractivity contribution is 5.76. The Balaban J connectivity index is 2.16. The number of nitrogens with zero attached hydrogens (tertiary/aromatic N) is 3. The van der Waals surface area contributed by atoms with Gasteiger partial charge in [0.1, 0.15) is 6.09 Å². The van der Waals surface area contributed by atoms with E-state index in [2.05, 4.69) is 16.7 Å². The molecule has 6 heteroatoms. The van der Waals surface area contributed by atoms with Gasteiger partial charge in [0.25, 0.3) is 0 Å². The van der Waals surface area contributed by atoms with Crippen molar-refractivity contribution in [3.05, 3.63) is 0 Å². The minimum absolute atomic E-state index is 0.0908. The highest BCUT2D eigenvalue weighted by Crippen LogP contribution is 2.14. The first-order valence-electron chi connectivity index (χ1n) is 9.62. The first-order valence-corrected chi connectivity index (χ1v) is 9.62. The van der Waals surface area contributed by atoms with Crippen LogP contribution in [-0.2, 0) is 4.79 Å². The van der Waals surface area contributed by atoms with Crippen molar-refractivity contribution in [1.29, 1.82) is 0 Å². The van der Waals surface area contributed by atoms with E-state index >= 15 is 0 Å². The SMILES string of the molecule is CN(CC#CCN1CCCC1)C(=O)CCCCCN(C(=O)[O-])C(C)(C)C. The molecule has 1 fully saturated rings. The predicted octanol–water partition coefficient (Wildman–Crippen LogP) is 1.55. The summed E-state index contributed by atoms with van der Waals surface area (Å²) in [4.78, 5) is 28.6. The van der Waals surface area contributed by atoms with Crippen LogP contribution in [0.5, 0.6) is 0 Å². The van der Waals surface area contributed by atoms with Gasteiger partial charge in [-0.15, -0.1) is 0 Å². The van der Waals surface area contributed by atoms with E-state index in [1.165, 1.54) is 17.7 Å². The molecule has 0 radical (unpaired) electrons. The van der Waals surface area contributed by atoms with Crippen LogP contribution in [0.4, 0.5) is 4.79 Å². The first kappa shape index (κ1) is 22.3. The first-order chi connectivity index (χ1) is 12.2. The second kappa shape index (κ2) is 11.1. The zero-order valence-electron chi connectivity index (χ0n) is 16.8. The molecular formula is C20H34N3O3-. The molecule has 0 N–H and O–H groups in total. The Labute approximate surface area is 158 Å². The van der Waals surface area contributed by atoms with E-state index in [4.69, 9.17) is 0 Å². The molecule has 1 rings (SSSR count). The summed E-state index contributed by atoms with van der Waals surface area (Å²) in [6.07, 6.45) is 4.17. The maximum absolute atomic E-state index is 12.1. The summed E-state index contributed by atoms with van der Waals surface area (Å²) in [6, 6.07) is 0. The van der Waals surface area contributed by atoms with Gasteiger partial charge in [0, 0.05) is 25.6 Å². The fourth-order valence-electron chi connectivity index (χ4n) is 2.99. The molecule has 0 bridgehead atoms. The number of rotatable bonds is 8. The van der Waals surface area contributed by atoms with Crippen LogP contribution in [0.3, 0.4) is 0 Å². The van der Waals surface area contributed by atoms with Gasteiger partial charge in [-0.05, 0) is 59.5 Å². The average molecular weight is 365 g/mol. The molecule has 0 aromatic rings. The minimum Gasteiger partial charge on any atom is -0.530 e. The van der Waals surface area contributed by atoms with Crippen LogP contribution in [0.25, 0.3) is 0 Å². The Morgan fingerprint density at radius 2 is 1.73 bits per heavy atom. The summed E-state index contributed by atoms with van der Waals surface area (Å²) < 4.78 is 0. The number of unbranched alkanes of at least 4 members (excludes halogenated alkanes) is 2. The number of carboxylic acid groups (broad SMARTS) is 1. The normalized spacial score (nSPS) is 14.6. The van der Waals surface area contributed by atoms with Gasteiger partial charge in [0.15, 0.2) is 0 Å². The Kier molecular flexibility index (Phi) is 9.50. The number of carbonyl (C=O) groups is 2. The van der Waals surface area contributed by atoms with Gasteiger partial charge < -0.3 is 19.7 Å². The second-order valence-corrected chi connectivity index (χ2v) is 7.99. The van der Waals surface area contributed by atoms with Gasteiger partial charge in [-0.2, -0.15) is 0 Å². The van der Waals surface area contributed by atoms with Crippen molar-refractivity contribution in [3.8, 4) is 11.8 Å². The summed E-state index contributed by atoms with van der Waals surface area (Å²) in [6.45, 7) is 9.53. The van der Waals surface area contributed by atoms with Crippen molar-refractivity contribution < 1.29 is 14.7 Å². The molecular weight excluding hydrogens is 330 g/mol. The van der Waals surface area contributed by atoms with Gasteiger partial charge in [0.05, 0.1) is 13.1 Å². The maximum Gasteiger partial charge on any atom is 0.223 e. The lowest BCUT2D eigenvalue weighted by Gasteiger charge is -2.38. The van der Waals surface area contributed by atoms with E-state index in [0.717, 1.165) is 38.9 Å². The van der Waals surface area contributed by atoms with Crippen LogP contribution in [0.1, 0.15) is 59.3 Å². The molecule has 6 nitrogen and oxygen atoms in total. The summed E-state index contributed by atoms with van der Waals surface area (Å²) >= 11 is 0. The lowest BCUT2D eigenvalue weighted by atomic mass is 10.1. The fraction of sp³-hybridized carbons (Fsp3) is 0.800. The van der Waals surface area contributed by atoms with Crippen molar-refractivity contribution in [3.63, 3.8) is 0 Å². The Hall–Kier alpha value is -1.74. The molecule has 0 spiro atoms. The molecule has 0 aromatic heterocycles. The Morgan fingerprint density at radius 1 is 1.08 bits per heavy atom. The highest BCUT2D eigenvalue weighted by Gasteiger charge is 2.20. The molecule has 0 saturated carbocycles. The number of hydrogen-bond donors (Lipinski definition) is 0. The van der Waals surface area contributed by atoms with Gasteiger partial charge in [-0.3, -0.25) is 9.69 Å². The molecule has 0 unspecified atom stereocenters. The molecule has 26 heavy (non-hydrogen) atoms. The predicted molar refractivity (Wildman–Crippen MR) is 101 cm³/mol. The quantitative estimate of drug-likeness (QED) is 0.484. The van der Waals surface area contributed by atoms with E-state index in [0.29, 0.717) is 19.5 Å². The zero-order valence-corrected chi connectivity index (χ0v) is 16.8. The van der Waals surface area contributed by atoms with E-state index in [1.807, 2.05) is 20.8 Å². The van der Waals surface area contributed by atoms with Crippen molar-refractivity contribution >= 4 is 12.0 Å². The molecule has 0 aromatic carbocycles. The molecule has 1 saturated heterocycles. The third-order valence-electron chi connectivity index (χ3n) is 4.67. The summed E-state index contributed by atoms with van der Waals surface area (Å²) in [5, 5.41) is 11.2. The summed E-state index contributed by atoms with van der Waals surface area (Å²) in [5.41, 5.74) is -0.456. The molecule has 0 aliphatic carbocycles. The molecule has 1 heterocycles. The number of likely N-dealkylation sites (tertiary alicyclic amines) is 1. The lowest BCUT2D eigenvalue weighted by Crippen LogP contribution is -2.51. The summed E-state index contributed by atoms with van der Waals surface area (Å²) in [7, 11) is 1.78.